The number of nitrogens with zero attached hydrogens (tertiary/aromatic N) is 3. The number of ether oxygens (including phenoxy) is 2. The van der Waals surface area contributed by atoms with Crippen molar-refractivity contribution in [1.29, 1.82) is 0 Å². The molecule has 3 aromatic carbocycles. The quantitative estimate of drug-likeness (QED) is 0.235. The van der Waals surface area contributed by atoms with Gasteiger partial charge in [0.05, 0.1) is 30.3 Å². The van der Waals surface area contributed by atoms with E-state index >= 15 is 0 Å². The van der Waals surface area contributed by atoms with Crippen molar-refractivity contribution in [2.24, 2.45) is 10.5 Å². The minimum Gasteiger partial charge on any atom is -0.494 e. The fourth-order valence-corrected chi connectivity index (χ4v) is 4.21. The summed E-state index contributed by atoms with van der Waals surface area (Å²) in [6.45, 7) is 15.8. The maximum atomic E-state index is 13.7. The van der Waals surface area contributed by atoms with Crippen LogP contribution in [0.3, 0.4) is 0 Å². The van der Waals surface area contributed by atoms with Crippen molar-refractivity contribution in [2.75, 3.05) is 13.2 Å². The van der Waals surface area contributed by atoms with Crippen molar-refractivity contribution in [1.82, 2.24) is 9.66 Å². The number of hydrogen-bond donors (Lipinski definition) is 0. The zero-order chi connectivity index (χ0) is 27.4. The van der Waals surface area contributed by atoms with E-state index in [4.69, 9.17) is 14.5 Å². The van der Waals surface area contributed by atoms with Gasteiger partial charge in [-0.25, -0.2) is 4.98 Å². The average molecular weight is 512 g/mol. The van der Waals surface area contributed by atoms with E-state index in [0.29, 0.717) is 35.7 Å². The Bertz CT molecular complexity index is 1530. The highest BCUT2D eigenvalue weighted by Crippen LogP contribution is 2.34. The Labute approximate surface area is 225 Å². The Hall–Kier alpha value is -3.93. The third-order valence-corrected chi connectivity index (χ3v) is 6.17. The maximum absolute atomic E-state index is 13.7. The first-order valence-corrected chi connectivity index (χ1v) is 13.1. The molecule has 4 aromatic rings. The van der Waals surface area contributed by atoms with Crippen LogP contribution >= 0.6 is 0 Å². The van der Waals surface area contributed by atoms with E-state index in [1.807, 2.05) is 62.4 Å². The molecule has 0 radical (unpaired) electrons. The Morgan fingerprint density at radius 3 is 2.42 bits per heavy atom. The number of aryl methyl sites for hydroxylation is 1. The van der Waals surface area contributed by atoms with Gasteiger partial charge >= 0.3 is 0 Å². The van der Waals surface area contributed by atoms with Crippen LogP contribution in [0.25, 0.3) is 22.3 Å². The van der Waals surface area contributed by atoms with E-state index in [1.165, 1.54) is 4.68 Å². The van der Waals surface area contributed by atoms with Crippen LogP contribution in [0.5, 0.6) is 11.5 Å². The molecular formula is C32H37N3O3. The summed E-state index contributed by atoms with van der Waals surface area (Å²) in [4.78, 5) is 18.7. The van der Waals surface area contributed by atoms with Gasteiger partial charge in [0.25, 0.3) is 5.56 Å². The van der Waals surface area contributed by atoms with Gasteiger partial charge in [-0.05, 0) is 72.7 Å². The van der Waals surface area contributed by atoms with Crippen LogP contribution in [0.1, 0.15) is 64.2 Å². The number of hydrogen-bond acceptors (Lipinski definition) is 5. The number of aromatic nitrogens is 2. The smallest absolute Gasteiger partial charge is 0.282 e. The van der Waals surface area contributed by atoms with Gasteiger partial charge in [0.2, 0.25) is 0 Å². The van der Waals surface area contributed by atoms with Crippen molar-refractivity contribution in [3.63, 3.8) is 0 Å². The van der Waals surface area contributed by atoms with Crippen molar-refractivity contribution in [2.45, 2.75) is 54.4 Å². The number of para-hydroxylation sites is 2. The monoisotopic (exact) mass is 511 g/mol. The van der Waals surface area contributed by atoms with E-state index in [0.717, 1.165) is 28.0 Å². The van der Waals surface area contributed by atoms with Gasteiger partial charge in [-0.2, -0.15) is 9.78 Å². The van der Waals surface area contributed by atoms with Crippen molar-refractivity contribution in [3.8, 4) is 22.9 Å². The topological polar surface area (TPSA) is 65.7 Å². The molecule has 1 heterocycles. The fraction of sp³-hybridized carbons (Fsp3) is 0.344. The molecule has 0 saturated heterocycles. The van der Waals surface area contributed by atoms with Crippen molar-refractivity contribution in [3.05, 3.63) is 87.7 Å². The van der Waals surface area contributed by atoms with Crippen LogP contribution in [0.4, 0.5) is 0 Å². The van der Waals surface area contributed by atoms with Crippen molar-refractivity contribution >= 4 is 17.1 Å². The summed E-state index contributed by atoms with van der Waals surface area (Å²) in [6, 6.07) is 19.2. The number of fused-ring (bicyclic) bond motifs is 1. The second-order valence-corrected chi connectivity index (χ2v) is 11.0. The largest absolute Gasteiger partial charge is 0.494 e. The zero-order valence-corrected chi connectivity index (χ0v) is 23.4. The first-order chi connectivity index (χ1) is 18.1. The van der Waals surface area contributed by atoms with E-state index in [2.05, 4.69) is 45.8 Å². The van der Waals surface area contributed by atoms with Gasteiger partial charge in [-0.3, -0.25) is 4.79 Å². The van der Waals surface area contributed by atoms with E-state index in [9.17, 15) is 4.79 Å². The summed E-state index contributed by atoms with van der Waals surface area (Å²) in [5.41, 5.74) is 4.06. The highest BCUT2D eigenvalue weighted by molar-refractivity contribution is 5.84. The highest BCUT2D eigenvalue weighted by Gasteiger charge is 2.19. The molecule has 0 saturated carbocycles. The van der Waals surface area contributed by atoms with Crippen LogP contribution in [0.2, 0.25) is 0 Å². The van der Waals surface area contributed by atoms with Gasteiger partial charge < -0.3 is 9.47 Å². The lowest BCUT2D eigenvalue weighted by Crippen LogP contribution is -2.21. The molecule has 6 heteroatoms. The van der Waals surface area contributed by atoms with E-state index in [-0.39, 0.29) is 16.9 Å². The summed E-state index contributed by atoms with van der Waals surface area (Å²) in [5, 5.41) is 5.20. The Kier molecular flexibility index (Phi) is 8.00. The average Bonchev–Trinajstić information content (AvgIpc) is 2.87. The minimum atomic E-state index is -0.227. The zero-order valence-electron chi connectivity index (χ0n) is 23.4. The van der Waals surface area contributed by atoms with Crippen LogP contribution in [0, 0.1) is 12.3 Å². The van der Waals surface area contributed by atoms with E-state index in [1.54, 1.807) is 12.3 Å². The Morgan fingerprint density at radius 1 is 1.00 bits per heavy atom. The molecule has 1 aromatic heterocycles. The fourth-order valence-electron chi connectivity index (χ4n) is 4.21. The molecule has 0 atom stereocenters. The van der Waals surface area contributed by atoms with Crippen molar-refractivity contribution < 1.29 is 9.47 Å². The van der Waals surface area contributed by atoms with Gasteiger partial charge in [0.1, 0.15) is 11.5 Å². The molecule has 0 aliphatic heterocycles. The molecule has 4 rings (SSSR count). The Balaban J connectivity index is 1.90. The lowest BCUT2D eigenvalue weighted by atomic mass is 9.96. The lowest BCUT2D eigenvalue weighted by Gasteiger charge is -2.19. The van der Waals surface area contributed by atoms with Crippen LogP contribution in [0.15, 0.2) is 70.6 Å². The van der Waals surface area contributed by atoms with E-state index < -0.39 is 0 Å². The number of benzene rings is 3. The molecule has 0 aliphatic carbocycles. The van der Waals surface area contributed by atoms with Crippen LogP contribution < -0.4 is 15.0 Å². The Morgan fingerprint density at radius 2 is 1.71 bits per heavy atom. The number of rotatable bonds is 8. The minimum absolute atomic E-state index is 0.00985. The first-order valence-electron chi connectivity index (χ1n) is 13.1. The molecule has 6 nitrogen and oxygen atoms in total. The van der Waals surface area contributed by atoms with Gasteiger partial charge in [0, 0.05) is 11.1 Å². The second-order valence-electron chi connectivity index (χ2n) is 11.0. The SMILES string of the molecule is CCOc1cc(C)c(-c2nc3ccccc3c(=O)n2N=Cc2ccccc2OCC(C)(C)C)cc1C(C)C. The predicted octanol–water partition coefficient (Wildman–Crippen LogP) is 7.20. The lowest BCUT2D eigenvalue weighted by molar-refractivity contribution is 0.197. The third-order valence-electron chi connectivity index (χ3n) is 6.17. The molecule has 0 spiro atoms. The normalized spacial score (nSPS) is 12.0. The predicted molar refractivity (Wildman–Crippen MR) is 156 cm³/mol. The molecular weight excluding hydrogens is 474 g/mol. The molecule has 0 fully saturated rings. The molecule has 0 amide bonds. The molecule has 0 aliphatic rings. The molecule has 0 bridgehead atoms. The van der Waals surface area contributed by atoms with Crippen LogP contribution in [-0.4, -0.2) is 29.1 Å². The maximum Gasteiger partial charge on any atom is 0.282 e. The summed E-state index contributed by atoms with van der Waals surface area (Å²) in [6.07, 6.45) is 1.67. The second kappa shape index (κ2) is 11.2. The van der Waals surface area contributed by atoms with Gasteiger partial charge in [-0.1, -0.05) is 58.9 Å². The van der Waals surface area contributed by atoms with Gasteiger partial charge in [-0.15, -0.1) is 0 Å². The first kappa shape index (κ1) is 27.1. The molecule has 38 heavy (non-hydrogen) atoms. The summed E-state index contributed by atoms with van der Waals surface area (Å²) in [5.74, 6) is 2.29. The molecule has 198 valence electrons. The summed E-state index contributed by atoms with van der Waals surface area (Å²) < 4.78 is 13.4. The summed E-state index contributed by atoms with van der Waals surface area (Å²) in [7, 11) is 0. The van der Waals surface area contributed by atoms with Crippen LogP contribution in [-0.2, 0) is 0 Å². The standard InChI is InChI=1S/C32H37N3O3/c1-8-37-29-17-22(4)26(18-25(29)21(2)3)30-34-27-15-11-10-14-24(27)31(36)35(30)33-19-23-13-9-12-16-28(23)38-20-32(5,6)7/h9-19,21H,8,20H2,1-7H3. The third kappa shape index (κ3) is 5.96. The summed E-state index contributed by atoms with van der Waals surface area (Å²) >= 11 is 0. The van der Waals surface area contributed by atoms with Gasteiger partial charge in [0.15, 0.2) is 5.82 Å². The molecule has 0 N–H and O–H groups in total. The molecule has 0 unspecified atom stereocenters. The highest BCUT2D eigenvalue weighted by atomic mass is 16.5.